The topological polar surface area (TPSA) is 32.8 Å². The van der Waals surface area contributed by atoms with Gasteiger partial charge in [-0.1, -0.05) is 13.8 Å². The van der Waals surface area contributed by atoms with Crippen LogP contribution in [0.5, 0.6) is 0 Å². The molecule has 1 aliphatic heterocycles. The molecule has 0 radical (unpaired) electrons. The van der Waals surface area contributed by atoms with Gasteiger partial charge in [-0.05, 0) is 25.7 Å². The molecule has 1 rings (SSSR count). The van der Waals surface area contributed by atoms with Crippen molar-refractivity contribution in [2.75, 3.05) is 33.8 Å². The van der Waals surface area contributed by atoms with Gasteiger partial charge < -0.3 is 9.64 Å². The van der Waals surface area contributed by atoms with Gasteiger partial charge in [-0.15, -0.1) is 0 Å². The fourth-order valence-corrected chi connectivity index (χ4v) is 2.24. The number of hydrogen-bond donors (Lipinski definition) is 0. The van der Waals surface area contributed by atoms with Gasteiger partial charge in [0.1, 0.15) is 0 Å². The minimum absolute atomic E-state index is 0.0290. The Kier molecular flexibility index (Phi) is 6.09. The van der Waals surface area contributed by atoms with Crippen LogP contribution in [0.2, 0.25) is 0 Å². The predicted molar refractivity (Wildman–Crippen MR) is 73.5 cm³/mol. The van der Waals surface area contributed by atoms with E-state index in [1.807, 2.05) is 21.0 Å². The smallest absolute Gasteiger partial charge is 0.239 e. The first-order valence-electron chi connectivity index (χ1n) is 6.98. The largest absolute Gasteiger partial charge is 0.377 e. The number of carbonyl (C=O) groups is 1. The summed E-state index contributed by atoms with van der Waals surface area (Å²) in [5.74, 6) is 0.870. The van der Waals surface area contributed by atoms with Crippen LogP contribution in [0.3, 0.4) is 0 Å². The van der Waals surface area contributed by atoms with Gasteiger partial charge in [-0.25, -0.2) is 0 Å². The van der Waals surface area contributed by atoms with Gasteiger partial charge in [0, 0.05) is 33.8 Å². The molecule has 4 heteroatoms. The van der Waals surface area contributed by atoms with Crippen LogP contribution >= 0.6 is 0 Å². The first-order valence-corrected chi connectivity index (χ1v) is 6.98. The average molecular weight is 256 g/mol. The molecule has 0 saturated carbocycles. The minimum atomic E-state index is -0.0290. The lowest BCUT2D eigenvalue weighted by Crippen LogP contribution is -2.43. The van der Waals surface area contributed by atoms with Gasteiger partial charge in [0.25, 0.3) is 0 Å². The van der Waals surface area contributed by atoms with Crippen LogP contribution in [0.4, 0.5) is 0 Å². The Morgan fingerprint density at radius 1 is 1.39 bits per heavy atom. The van der Waals surface area contributed by atoms with E-state index >= 15 is 0 Å². The summed E-state index contributed by atoms with van der Waals surface area (Å²) >= 11 is 0. The molecule has 1 fully saturated rings. The molecule has 0 N–H and O–H groups in total. The Hall–Kier alpha value is -0.610. The minimum Gasteiger partial charge on any atom is -0.377 e. The lowest BCUT2D eigenvalue weighted by molar-refractivity contribution is -0.133. The first kappa shape index (κ1) is 15.4. The zero-order valence-electron chi connectivity index (χ0n) is 12.5. The van der Waals surface area contributed by atoms with E-state index in [1.165, 1.54) is 0 Å². The van der Waals surface area contributed by atoms with E-state index in [-0.39, 0.29) is 11.9 Å². The Balaban J connectivity index is 2.30. The second-order valence-electron chi connectivity index (χ2n) is 5.87. The van der Waals surface area contributed by atoms with Crippen LogP contribution in [0.15, 0.2) is 0 Å². The molecule has 4 nitrogen and oxygen atoms in total. The molecule has 1 saturated heterocycles. The van der Waals surface area contributed by atoms with Crippen molar-refractivity contribution in [2.24, 2.45) is 5.92 Å². The predicted octanol–water partition coefficient (Wildman–Crippen LogP) is 1.60. The van der Waals surface area contributed by atoms with E-state index in [0.717, 1.165) is 32.5 Å². The van der Waals surface area contributed by atoms with Crippen molar-refractivity contribution in [3.8, 4) is 0 Å². The van der Waals surface area contributed by atoms with Gasteiger partial charge in [0.15, 0.2) is 0 Å². The molecule has 0 aliphatic carbocycles. The highest BCUT2D eigenvalue weighted by Crippen LogP contribution is 2.17. The van der Waals surface area contributed by atoms with Gasteiger partial charge in [-0.2, -0.15) is 0 Å². The highest BCUT2D eigenvalue weighted by molar-refractivity contribution is 5.80. The highest BCUT2D eigenvalue weighted by atomic mass is 16.5. The number of nitrogens with zero attached hydrogens (tertiary/aromatic N) is 2. The molecule has 1 amide bonds. The third kappa shape index (κ3) is 4.58. The first-order chi connectivity index (χ1) is 8.41. The summed E-state index contributed by atoms with van der Waals surface area (Å²) in [7, 11) is 3.62. The molecule has 1 heterocycles. The lowest BCUT2D eigenvalue weighted by Gasteiger charge is -2.25. The number of amides is 1. The third-order valence-corrected chi connectivity index (χ3v) is 3.57. The number of likely N-dealkylation sites (tertiary alicyclic amines) is 1. The molecule has 0 aromatic carbocycles. The molecular formula is C14H28N2O2. The average Bonchev–Trinajstić information content (AvgIpc) is 2.75. The van der Waals surface area contributed by atoms with Gasteiger partial charge in [0.2, 0.25) is 5.91 Å². The molecule has 0 spiro atoms. The number of carbonyl (C=O) groups excluding carboxylic acids is 1. The zero-order chi connectivity index (χ0) is 13.7. The number of likely N-dealkylation sites (N-methyl/N-ethyl adjacent to an activating group) is 1. The zero-order valence-corrected chi connectivity index (χ0v) is 12.5. The van der Waals surface area contributed by atoms with Crippen LogP contribution in [0, 0.1) is 5.92 Å². The van der Waals surface area contributed by atoms with E-state index in [4.69, 9.17) is 4.74 Å². The normalized spacial score (nSPS) is 22.4. The molecule has 0 aromatic rings. The molecule has 0 bridgehead atoms. The van der Waals surface area contributed by atoms with E-state index in [9.17, 15) is 4.79 Å². The van der Waals surface area contributed by atoms with Crippen molar-refractivity contribution in [3.05, 3.63) is 0 Å². The fourth-order valence-electron chi connectivity index (χ4n) is 2.24. The van der Waals surface area contributed by atoms with Crippen molar-refractivity contribution in [2.45, 2.75) is 45.8 Å². The van der Waals surface area contributed by atoms with Crippen molar-refractivity contribution in [3.63, 3.8) is 0 Å². The van der Waals surface area contributed by atoms with Crippen molar-refractivity contribution in [1.82, 2.24) is 9.80 Å². The van der Waals surface area contributed by atoms with Crippen LogP contribution < -0.4 is 0 Å². The van der Waals surface area contributed by atoms with Crippen LogP contribution in [-0.4, -0.2) is 61.6 Å². The Labute approximate surface area is 111 Å². The van der Waals surface area contributed by atoms with E-state index in [2.05, 4.69) is 18.7 Å². The van der Waals surface area contributed by atoms with E-state index in [0.29, 0.717) is 12.0 Å². The summed E-state index contributed by atoms with van der Waals surface area (Å²) in [4.78, 5) is 15.8. The summed E-state index contributed by atoms with van der Waals surface area (Å²) in [5.41, 5.74) is 0. The van der Waals surface area contributed by atoms with Crippen LogP contribution in [-0.2, 0) is 9.53 Å². The summed E-state index contributed by atoms with van der Waals surface area (Å²) in [6.45, 7) is 9.10. The van der Waals surface area contributed by atoms with Crippen molar-refractivity contribution < 1.29 is 9.53 Å². The molecule has 0 aromatic heterocycles. The fraction of sp³-hybridized carbons (Fsp3) is 0.929. The standard InChI is InChI=1S/C14H28N2O2/c1-11(2)7-9-18-13-6-8-16(10-13)12(3)14(17)15(4)5/h11-13H,6-10H2,1-5H3/t12-,13-/m1/s1. The molecule has 1 aliphatic rings. The summed E-state index contributed by atoms with van der Waals surface area (Å²) in [5, 5.41) is 0. The number of ether oxygens (including phenoxy) is 1. The van der Waals surface area contributed by atoms with Gasteiger partial charge >= 0.3 is 0 Å². The quantitative estimate of drug-likeness (QED) is 0.723. The monoisotopic (exact) mass is 256 g/mol. The van der Waals surface area contributed by atoms with Gasteiger partial charge in [0.05, 0.1) is 12.1 Å². The van der Waals surface area contributed by atoms with Crippen LogP contribution in [0.25, 0.3) is 0 Å². The Morgan fingerprint density at radius 3 is 2.61 bits per heavy atom. The summed E-state index contributed by atoms with van der Waals surface area (Å²) < 4.78 is 5.87. The summed E-state index contributed by atoms with van der Waals surface area (Å²) in [6.07, 6.45) is 2.47. The summed E-state index contributed by atoms with van der Waals surface area (Å²) in [6, 6.07) is -0.0290. The molecule has 18 heavy (non-hydrogen) atoms. The lowest BCUT2D eigenvalue weighted by atomic mass is 10.1. The maximum Gasteiger partial charge on any atom is 0.239 e. The molecule has 106 valence electrons. The SMILES string of the molecule is CC(C)CCO[C@@H]1CCN([C@H](C)C(=O)N(C)C)C1. The second kappa shape index (κ2) is 7.10. The Bertz CT molecular complexity index is 267. The molecular weight excluding hydrogens is 228 g/mol. The maximum atomic E-state index is 11.9. The number of rotatable bonds is 6. The second-order valence-corrected chi connectivity index (χ2v) is 5.87. The third-order valence-electron chi connectivity index (χ3n) is 3.57. The number of hydrogen-bond acceptors (Lipinski definition) is 3. The van der Waals surface area contributed by atoms with Crippen molar-refractivity contribution >= 4 is 5.91 Å². The van der Waals surface area contributed by atoms with Crippen LogP contribution in [0.1, 0.15) is 33.6 Å². The van der Waals surface area contributed by atoms with E-state index in [1.54, 1.807) is 4.90 Å². The van der Waals surface area contributed by atoms with Gasteiger partial charge in [-0.3, -0.25) is 9.69 Å². The van der Waals surface area contributed by atoms with Crippen molar-refractivity contribution in [1.29, 1.82) is 0 Å². The van der Waals surface area contributed by atoms with E-state index < -0.39 is 0 Å². The molecule has 0 unspecified atom stereocenters. The maximum absolute atomic E-state index is 11.9. The Morgan fingerprint density at radius 2 is 2.06 bits per heavy atom. The molecule has 2 atom stereocenters. The highest BCUT2D eigenvalue weighted by Gasteiger charge is 2.30.